The highest BCUT2D eigenvalue weighted by Crippen LogP contribution is 2.68. The third kappa shape index (κ3) is 4.15. The number of benzene rings is 1. The van der Waals surface area contributed by atoms with Crippen molar-refractivity contribution in [3.8, 4) is 17.2 Å². The van der Waals surface area contributed by atoms with Crippen molar-refractivity contribution in [2.45, 2.75) is 117 Å². The molecule has 2 fully saturated rings. The molecule has 1 saturated carbocycles. The molecule has 3 aliphatic carbocycles. The molecule has 230 valence electrons. The molecule has 7 rings (SSSR count). The smallest absolute Gasteiger partial charge is 0.200 e. The van der Waals surface area contributed by atoms with E-state index in [0.717, 1.165) is 29.6 Å². The number of ether oxygens (including phenoxy) is 3. The van der Waals surface area contributed by atoms with Gasteiger partial charge in [-0.2, -0.15) is 0 Å². The number of ketones is 2. The highest BCUT2D eigenvalue weighted by atomic mass is 16.6. The first-order valence-corrected chi connectivity index (χ1v) is 15.8. The van der Waals surface area contributed by atoms with Gasteiger partial charge in [-0.05, 0) is 92.2 Å². The second-order valence-corrected chi connectivity index (χ2v) is 15.0. The molecule has 1 N–H and O–H groups in total. The van der Waals surface area contributed by atoms with Crippen LogP contribution in [-0.4, -0.2) is 39.1 Å². The van der Waals surface area contributed by atoms with E-state index in [0.29, 0.717) is 47.8 Å². The van der Waals surface area contributed by atoms with Crippen molar-refractivity contribution in [1.29, 1.82) is 0 Å². The Balaban J connectivity index is 1.61. The summed E-state index contributed by atoms with van der Waals surface area (Å²) < 4.78 is 20.8. The monoisotopic (exact) mass is 586 g/mol. The molecule has 1 aromatic rings. The van der Waals surface area contributed by atoms with Crippen LogP contribution in [0.15, 0.2) is 41.0 Å². The molecule has 43 heavy (non-hydrogen) atoms. The molecule has 6 heteroatoms. The molecule has 5 atom stereocenters. The van der Waals surface area contributed by atoms with Crippen LogP contribution < -0.4 is 9.47 Å². The Bertz CT molecular complexity index is 1540. The van der Waals surface area contributed by atoms with E-state index in [4.69, 9.17) is 14.2 Å². The predicted molar refractivity (Wildman–Crippen MR) is 168 cm³/mol. The summed E-state index contributed by atoms with van der Waals surface area (Å²) in [4.78, 5) is 28.9. The van der Waals surface area contributed by atoms with Gasteiger partial charge in [0.05, 0.1) is 11.2 Å². The van der Waals surface area contributed by atoms with Crippen LogP contribution in [-0.2, 0) is 16.0 Å². The number of phenols is 1. The lowest BCUT2D eigenvalue weighted by atomic mass is 9.51. The van der Waals surface area contributed by atoms with Gasteiger partial charge in [-0.25, -0.2) is 0 Å². The molecule has 3 heterocycles. The summed E-state index contributed by atoms with van der Waals surface area (Å²) in [5, 5.41) is 11.8. The van der Waals surface area contributed by atoms with E-state index in [1.54, 1.807) is 6.08 Å². The first-order chi connectivity index (χ1) is 20.1. The Kier molecular flexibility index (Phi) is 6.74. The van der Waals surface area contributed by atoms with Gasteiger partial charge in [0, 0.05) is 29.4 Å². The van der Waals surface area contributed by atoms with Gasteiger partial charge in [-0.1, -0.05) is 43.2 Å². The van der Waals surface area contributed by atoms with Gasteiger partial charge in [0.2, 0.25) is 0 Å². The topological polar surface area (TPSA) is 82.1 Å². The minimum atomic E-state index is -1.34. The Labute approximate surface area is 255 Å². The van der Waals surface area contributed by atoms with E-state index < -0.39 is 28.3 Å². The summed E-state index contributed by atoms with van der Waals surface area (Å²) in [6, 6.07) is 0. The van der Waals surface area contributed by atoms with Crippen LogP contribution >= 0.6 is 0 Å². The number of hydrogen-bond donors (Lipinski definition) is 1. The van der Waals surface area contributed by atoms with E-state index >= 15 is 0 Å². The first kappa shape index (κ1) is 29.9. The van der Waals surface area contributed by atoms with Crippen LogP contribution in [0.3, 0.4) is 0 Å². The van der Waals surface area contributed by atoms with Gasteiger partial charge < -0.3 is 19.3 Å². The minimum absolute atomic E-state index is 0.0275. The number of rotatable bonds is 7. The second-order valence-electron chi connectivity index (χ2n) is 15.0. The maximum atomic E-state index is 14.7. The molecule has 1 aromatic carbocycles. The number of aromatic hydroxyl groups is 1. The standard InChI is InChI=1S/C37H46O6/c1-20(2)10-11-25-31-24(14-16-35(9,41-31)15-12-21(3)4)29(38)28-30(39)26-18-23-19-27-34(7,8)43-36(33(23)40,17-13-22(5)6)37(26,27)42-32(25)28/h10,13-14,16,18,21,23,27,38H,11-12,15,17,19H2,1-9H3/t23-,27+,35?,36+,37-/m1/s1. The number of allylic oxidation sites excluding steroid dienone is 4. The summed E-state index contributed by atoms with van der Waals surface area (Å²) in [5.74, 6) is 0.270. The number of phenolic OH excluding ortho intramolecular Hbond substituents is 1. The van der Waals surface area contributed by atoms with Gasteiger partial charge in [0.15, 0.2) is 22.8 Å². The highest BCUT2D eigenvalue weighted by Gasteiger charge is 2.81. The van der Waals surface area contributed by atoms with Crippen LogP contribution in [0.2, 0.25) is 0 Å². The molecule has 0 amide bonds. The van der Waals surface area contributed by atoms with Gasteiger partial charge >= 0.3 is 0 Å². The van der Waals surface area contributed by atoms with Gasteiger partial charge in [0.1, 0.15) is 28.4 Å². The first-order valence-electron chi connectivity index (χ1n) is 15.8. The Morgan fingerprint density at radius 3 is 2.40 bits per heavy atom. The summed E-state index contributed by atoms with van der Waals surface area (Å²) in [5.41, 5.74) is 0.0755. The van der Waals surface area contributed by atoms with Crippen molar-refractivity contribution in [2.75, 3.05) is 0 Å². The van der Waals surface area contributed by atoms with Gasteiger partial charge in [-0.15, -0.1) is 0 Å². The highest BCUT2D eigenvalue weighted by molar-refractivity contribution is 6.19. The van der Waals surface area contributed by atoms with E-state index in [1.165, 1.54) is 0 Å². The van der Waals surface area contributed by atoms with Crippen LogP contribution in [0, 0.1) is 17.8 Å². The summed E-state index contributed by atoms with van der Waals surface area (Å²) in [6.07, 6.45) is 12.9. The molecule has 6 nitrogen and oxygen atoms in total. The van der Waals surface area contributed by atoms with Crippen molar-refractivity contribution in [3.63, 3.8) is 0 Å². The van der Waals surface area contributed by atoms with Crippen molar-refractivity contribution in [1.82, 2.24) is 0 Å². The second kappa shape index (κ2) is 9.69. The fraction of sp³-hybridized carbons (Fsp3) is 0.568. The van der Waals surface area contributed by atoms with Crippen LogP contribution in [0.5, 0.6) is 17.2 Å². The Morgan fingerprint density at radius 1 is 1.05 bits per heavy atom. The number of carbonyl (C=O) groups is 2. The molecule has 1 spiro atoms. The SMILES string of the molecule is CC(C)=CCc1c2c(c(O)c3c1O[C@]14C(=C[C@@H]5C[C@H]1C(C)(C)O[C@@]4(CC=C(C)C)C5=O)C3=O)C=CC(C)(CCC(C)C)O2. The third-order valence-corrected chi connectivity index (χ3v) is 10.3. The zero-order valence-corrected chi connectivity index (χ0v) is 27.1. The van der Waals surface area contributed by atoms with Crippen molar-refractivity contribution >= 4 is 17.6 Å². The molecule has 0 aromatic heterocycles. The maximum absolute atomic E-state index is 14.7. The zero-order valence-electron chi connectivity index (χ0n) is 27.1. The average molecular weight is 587 g/mol. The van der Waals surface area contributed by atoms with Gasteiger partial charge in [0.25, 0.3) is 0 Å². The lowest BCUT2D eigenvalue weighted by molar-refractivity contribution is -0.171. The van der Waals surface area contributed by atoms with E-state index in [1.807, 2.05) is 59.8 Å². The minimum Gasteiger partial charge on any atom is -0.506 e. The number of fused-ring (bicyclic) bond motifs is 2. The summed E-state index contributed by atoms with van der Waals surface area (Å²) in [7, 11) is 0. The Hall–Kier alpha value is -3.12. The van der Waals surface area contributed by atoms with E-state index in [-0.39, 0.29) is 28.8 Å². The quantitative estimate of drug-likeness (QED) is 0.328. The lowest BCUT2D eigenvalue weighted by Crippen LogP contribution is -2.72. The molecule has 4 bridgehead atoms. The fourth-order valence-corrected chi connectivity index (χ4v) is 8.06. The molecule has 1 saturated heterocycles. The van der Waals surface area contributed by atoms with Gasteiger partial charge in [-0.3, -0.25) is 9.59 Å². The van der Waals surface area contributed by atoms with Crippen LogP contribution in [0.1, 0.15) is 109 Å². The van der Waals surface area contributed by atoms with E-state index in [9.17, 15) is 14.7 Å². The van der Waals surface area contributed by atoms with Crippen LogP contribution in [0.4, 0.5) is 0 Å². The van der Waals surface area contributed by atoms with Crippen LogP contribution in [0.25, 0.3) is 6.08 Å². The van der Waals surface area contributed by atoms with E-state index in [2.05, 4.69) is 26.8 Å². The third-order valence-electron chi connectivity index (χ3n) is 10.3. The lowest BCUT2D eigenvalue weighted by Gasteiger charge is -2.56. The largest absolute Gasteiger partial charge is 0.506 e. The summed E-state index contributed by atoms with van der Waals surface area (Å²) >= 11 is 0. The Morgan fingerprint density at radius 2 is 1.74 bits per heavy atom. The molecular formula is C37H46O6. The van der Waals surface area contributed by atoms with Crippen molar-refractivity contribution < 1.29 is 28.9 Å². The number of hydrogen-bond acceptors (Lipinski definition) is 6. The number of carbonyl (C=O) groups excluding carboxylic acids is 2. The molecule has 6 aliphatic rings. The zero-order chi connectivity index (χ0) is 31.3. The molecule has 3 aliphatic heterocycles. The fourth-order valence-electron chi connectivity index (χ4n) is 8.06. The van der Waals surface area contributed by atoms with Crippen molar-refractivity contribution in [2.24, 2.45) is 17.8 Å². The summed E-state index contributed by atoms with van der Waals surface area (Å²) in [6.45, 7) is 18.5. The molecule has 1 unspecified atom stereocenters. The van der Waals surface area contributed by atoms with Crippen molar-refractivity contribution in [3.05, 3.63) is 57.7 Å². The normalized spacial score (nSPS) is 32.4. The molecule has 0 radical (unpaired) electrons. The number of Topliss-reactive ketones (excluding diaryl/α,β-unsaturated/α-hetero) is 2. The molecular weight excluding hydrogens is 540 g/mol. The average Bonchev–Trinajstić information content (AvgIpc) is 3.07. The maximum Gasteiger partial charge on any atom is 0.200 e. The predicted octanol–water partition coefficient (Wildman–Crippen LogP) is 7.86.